The number of aromatic amines is 1. The van der Waals surface area contributed by atoms with E-state index in [0.29, 0.717) is 5.65 Å². The van der Waals surface area contributed by atoms with Crippen LogP contribution in [0.3, 0.4) is 0 Å². The summed E-state index contributed by atoms with van der Waals surface area (Å²) in [5.41, 5.74) is 4.02. The Balaban J connectivity index is 1.68. The quantitative estimate of drug-likeness (QED) is 0.628. The van der Waals surface area contributed by atoms with Crippen LogP contribution in [0.25, 0.3) is 27.7 Å². The van der Waals surface area contributed by atoms with Crippen LogP contribution in [0, 0.1) is 0 Å². The summed E-state index contributed by atoms with van der Waals surface area (Å²) >= 11 is 0. The lowest BCUT2D eigenvalue weighted by atomic mass is 9.89. The normalized spacial score (nSPS) is 16.1. The van der Waals surface area contributed by atoms with Crippen molar-refractivity contribution < 1.29 is 17.9 Å². The predicted octanol–water partition coefficient (Wildman–Crippen LogP) is 5.69. The Labute approximate surface area is 160 Å². The molecule has 1 N–H and O–H groups in total. The molecule has 0 saturated carbocycles. The van der Waals surface area contributed by atoms with Gasteiger partial charge in [-0.05, 0) is 31.1 Å². The standard InChI is InChI=1S/C21H20F3N3O/c1-12-9-20(2,3)28-17-8-13(4-5-14(12)17)15-10-26-19-16(15)11-25-18(27-19)6-7-21(22,23)24/h4-5,8,10-11H,1,6-7,9H2,2-3H3,(H,25,26,27). The second kappa shape index (κ2) is 6.36. The number of hydrogen-bond donors (Lipinski definition) is 1. The van der Waals surface area contributed by atoms with Crippen molar-refractivity contribution in [3.05, 3.63) is 48.6 Å². The summed E-state index contributed by atoms with van der Waals surface area (Å²) in [7, 11) is 0. The predicted molar refractivity (Wildman–Crippen MR) is 102 cm³/mol. The van der Waals surface area contributed by atoms with Gasteiger partial charge in [0.15, 0.2) is 0 Å². The van der Waals surface area contributed by atoms with Gasteiger partial charge in [-0.15, -0.1) is 0 Å². The molecule has 0 saturated heterocycles. The molecule has 3 heterocycles. The largest absolute Gasteiger partial charge is 0.487 e. The Morgan fingerprint density at radius 3 is 2.79 bits per heavy atom. The first-order chi connectivity index (χ1) is 13.1. The molecule has 0 fully saturated rings. The zero-order valence-electron chi connectivity index (χ0n) is 15.7. The van der Waals surface area contributed by atoms with Gasteiger partial charge in [0, 0.05) is 41.7 Å². The minimum absolute atomic E-state index is 0.171. The maximum Gasteiger partial charge on any atom is 0.389 e. The number of fused-ring (bicyclic) bond motifs is 2. The van der Waals surface area contributed by atoms with Crippen LogP contribution >= 0.6 is 0 Å². The average molecular weight is 387 g/mol. The number of halogens is 3. The fourth-order valence-electron chi connectivity index (χ4n) is 3.57. The molecule has 2 aromatic heterocycles. The van der Waals surface area contributed by atoms with E-state index in [0.717, 1.165) is 39.8 Å². The summed E-state index contributed by atoms with van der Waals surface area (Å²) in [6, 6.07) is 5.92. The number of nitrogens with zero attached hydrogens (tertiary/aromatic N) is 2. The SMILES string of the molecule is C=C1CC(C)(C)Oc2cc(-c3c[nH]c4nc(CCC(F)(F)F)ncc34)ccc21. The molecule has 28 heavy (non-hydrogen) atoms. The maximum atomic E-state index is 12.4. The fourth-order valence-corrected chi connectivity index (χ4v) is 3.57. The third-order valence-electron chi connectivity index (χ3n) is 4.81. The number of ether oxygens (including phenoxy) is 1. The van der Waals surface area contributed by atoms with E-state index >= 15 is 0 Å². The lowest BCUT2D eigenvalue weighted by Gasteiger charge is -2.34. The number of benzene rings is 1. The number of nitrogens with one attached hydrogen (secondary N) is 1. The average Bonchev–Trinajstić information content (AvgIpc) is 3.01. The molecule has 146 valence electrons. The highest BCUT2D eigenvalue weighted by Crippen LogP contribution is 2.42. The molecule has 7 heteroatoms. The fraction of sp³-hybridized carbons (Fsp3) is 0.333. The van der Waals surface area contributed by atoms with Crippen molar-refractivity contribution in [3.63, 3.8) is 0 Å². The van der Waals surface area contributed by atoms with E-state index < -0.39 is 12.6 Å². The van der Waals surface area contributed by atoms with Gasteiger partial charge in [0.05, 0.1) is 6.42 Å². The molecular formula is C21H20F3N3O. The van der Waals surface area contributed by atoms with Gasteiger partial charge in [0.2, 0.25) is 0 Å². The third-order valence-corrected chi connectivity index (χ3v) is 4.81. The van der Waals surface area contributed by atoms with E-state index in [1.807, 2.05) is 32.0 Å². The van der Waals surface area contributed by atoms with Crippen molar-refractivity contribution in [2.24, 2.45) is 0 Å². The number of hydrogen-bond acceptors (Lipinski definition) is 3. The second-order valence-electron chi connectivity index (χ2n) is 7.72. The Hall–Kier alpha value is -2.83. The maximum absolute atomic E-state index is 12.4. The van der Waals surface area contributed by atoms with Gasteiger partial charge < -0.3 is 9.72 Å². The van der Waals surface area contributed by atoms with E-state index in [1.165, 1.54) is 0 Å². The van der Waals surface area contributed by atoms with E-state index in [4.69, 9.17) is 4.74 Å². The first kappa shape index (κ1) is 18.5. The molecule has 3 aromatic rings. The molecule has 0 unspecified atom stereocenters. The van der Waals surface area contributed by atoms with Gasteiger partial charge in [0.1, 0.15) is 22.8 Å². The van der Waals surface area contributed by atoms with Gasteiger partial charge in [-0.25, -0.2) is 9.97 Å². The van der Waals surface area contributed by atoms with Crippen LogP contribution in [0.1, 0.15) is 38.1 Å². The third kappa shape index (κ3) is 3.61. The first-order valence-corrected chi connectivity index (χ1v) is 9.03. The number of rotatable bonds is 3. The van der Waals surface area contributed by atoms with Crippen LogP contribution in [0.5, 0.6) is 5.75 Å². The lowest BCUT2D eigenvalue weighted by molar-refractivity contribution is -0.134. The van der Waals surface area contributed by atoms with Crippen LogP contribution in [0.2, 0.25) is 0 Å². The smallest absolute Gasteiger partial charge is 0.389 e. The highest BCUT2D eigenvalue weighted by molar-refractivity contribution is 5.93. The van der Waals surface area contributed by atoms with Crippen LogP contribution < -0.4 is 4.74 Å². The Kier molecular flexibility index (Phi) is 4.21. The Morgan fingerprint density at radius 2 is 2.04 bits per heavy atom. The van der Waals surface area contributed by atoms with Crippen LogP contribution in [-0.2, 0) is 6.42 Å². The molecule has 0 bridgehead atoms. The zero-order chi connectivity index (χ0) is 20.1. The number of aryl methyl sites for hydroxylation is 1. The molecular weight excluding hydrogens is 367 g/mol. The number of alkyl halides is 3. The molecule has 4 rings (SSSR count). The van der Waals surface area contributed by atoms with E-state index in [9.17, 15) is 13.2 Å². The first-order valence-electron chi connectivity index (χ1n) is 9.03. The van der Waals surface area contributed by atoms with Crippen LogP contribution in [0.4, 0.5) is 13.2 Å². The van der Waals surface area contributed by atoms with Crippen molar-refractivity contribution in [1.82, 2.24) is 15.0 Å². The van der Waals surface area contributed by atoms with E-state index in [-0.39, 0.29) is 17.8 Å². The summed E-state index contributed by atoms with van der Waals surface area (Å²) in [5, 5.41) is 0.754. The molecule has 1 aromatic carbocycles. The van der Waals surface area contributed by atoms with E-state index in [1.54, 1.807) is 12.4 Å². The topological polar surface area (TPSA) is 50.8 Å². The minimum Gasteiger partial charge on any atom is -0.487 e. The van der Waals surface area contributed by atoms with Gasteiger partial charge in [0.25, 0.3) is 0 Å². The van der Waals surface area contributed by atoms with Gasteiger partial charge in [-0.1, -0.05) is 18.7 Å². The highest BCUT2D eigenvalue weighted by Gasteiger charge is 2.29. The van der Waals surface area contributed by atoms with Crippen LogP contribution in [-0.4, -0.2) is 26.7 Å². The number of aromatic nitrogens is 3. The van der Waals surface area contributed by atoms with Crippen molar-refractivity contribution in [1.29, 1.82) is 0 Å². The van der Waals surface area contributed by atoms with Crippen molar-refractivity contribution in [3.8, 4) is 16.9 Å². The molecule has 0 aliphatic carbocycles. The molecule has 0 atom stereocenters. The molecule has 1 aliphatic rings. The van der Waals surface area contributed by atoms with Crippen LogP contribution in [0.15, 0.2) is 37.2 Å². The van der Waals surface area contributed by atoms with Crippen molar-refractivity contribution in [2.45, 2.75) is 44.9 Å². The molecule has 0 amide bonds. The van der Waals surface area contributed by atoms with Crippen molar-refractivity contribution in [2.75, 3.05) is 0 Å². The van der Waals surface area contributed by atoms with Crippen molar-refractivity contribution >= 4 is 16.6 Å². The summed E-state index contributed by atoms with van der Waals surface area (Å²) in [6.07, 6.45) is -1.27. The molecule has 0 radical (unpaired) electrons. The lowest BCUT2D eigenvalue weighted by Crippen LogP contribution is -2.31. The molecule has 4 nitrogen and oxygen atoms in total. The molecule has 0 spiro atoms. The van der Waals surface area contributed by atoms with Gasteiger partial charge in [-0.3, -0.25) is 0 Å². The summed E-state index contributed by atoms with van der Waals surface area (Å²) in [6.45, 7) is 8.20. The Bertz CT molecular complexity index is 1070. The highest BCUT2D eigenvalue weighted by atomic mass is 19.4. The van der Waals surface area contributed by atoms with Gasteiger partial charge >= 0.3 is 6.18 Å². The monoisotopic (exact) mass is 387 g/mol. The Morgan fingerprint density at radius 1 is 1.25 bits per heavy atom. The number of H-pyrrole nitrogens is 1. The minimum atomic E-state index is -4.22. The summed E-state index contributed by atoms with van der Waals surface area (Å²) in [5.74, 6) is 0.945. The molecule has 1 aliphatic heterocycles. The summed E-state index contributed by atoms with van der Waals surface area (Å²) in [4.78, 5) is 11.4. The zero-order valence-corrected chi connectivity index (χ0v) is 15.7. The second-order valence-corrected chi connectivity index (χ2v) is 7.72. The van der Waals surface area contributed by atoms with E-state index in [2.05, 4.69) is 21.5 Å². The van der Waals surface area contributed by atoms with Gasteiger partial charge in [-0.2, -0.15) is 13.2 Å². The summed E-state index contributed by atoms with van der Waals surface area (Å²) < 4.78 is 43.4.